The minimum Gasteiger partial charge on any atom is -0.485 e. The highest BCUT2D eigenvalue weighted by Gasteiger charge is 2.13. The fourth-order valence-electron chi connectivity index (χ4n) is 2.40. The number of aryl methyl sites for hydroxylation is 1. The van der Waals surface area contributed by atoms with Crippen LogP contribution in [0.2, 0.25) is 0 Å². The highest BCUT2D eigenvalue weighted by molar-refractivity contribution is 5.94. The topological polar surface area (TPSA) is 77.2 Å². The van der Waals surface area contributed by atoms with Gasteiger partial charge in [-0.05, 0) is 48.9 Å². The first-order valence-electron chi connectivity index (χ1n) is 8.20. The molecule has 0 aliphatic heterocycles. The smallest absolute Gasteiger partial charge is 0.251 e. The zero-order chi connectivity index (χ0) is 19.4. The summed E-state index contributed by atoms with van der Waals surface area (Å²) in [6.45, 7) is 3.52. The molecule has 0 spiro atoms. The summed E-state index contributed by atoms with van der Waals surface area (Å²) < 4.78 is 36.7. The number of nitrogens with one attached hydrogen (secondary N) is 1. The van der Waals surface area contributed by atoms with E-state index in [2.05, 4.69) is 15.5 Å². The number of aromatic nitrogens is 2. The molecule has 2 aromatic carbocycles. The molecule has 3 rings (SSSR count). The second-order valence-corrected chi connectivity index (χ2v) is 5.91. The molecule has 0 radical (unpaired) electrons. The summed E-state index contributed by atoms with van der Waals surface area (Å²) in [4.78, 5) is 16.3. The van der Waals surface area contributed by atoms with Crippen molar-refractivity contribution in [1.82, 2.24) is 15.5 Å². The summed E-state index contributed by atoms with van der Waals surface area (Å²) in [6, 6.07) is 9.54. The first kappa shape index (κ1) is 18.5. The number of ether oxygens (including phenoxy) is 1. The number of halogens is 2. The molecule has 3 aromatic rings. The number of carbonyl (C=O) groups excluding carboxylic acids is 1. The maximum absolute atomic E-state index is 13.3. The second-order valence-electron chi connectivity index (χ2n) is 5.91. The zero-order valence-electron chi connectivity index (χ0n) is 14.7. The molecule has 0 fully saturated rings. The summed E-state index contributed by atoms with van der Waals surface area (Å²) >= 11 is 0. The quantitative estimate of drug-likeness (QED) is 0.712. The Bertz CT molecular complexity index is 942. The van der Waals surface area contributed by atoms with Crippen molar-refractivity contribution in [3.05, 3.63) is 76.9 Å². The lowest BCUT2D eigenvalue weighted by Crippen LogP contribution is -2.26. The molecule has 140 valence electrons. The Morgan fingerprint density at radius 1 is 1.19 bits per heavy atom. The van der Waals surface area contributed by atoms with Crippen LogP contribution in [0.1, 0.15) is 40.6 Å². The van der Waals surface area contributed by atoms with E-state index in [4.69, 9.17) is 9.26 Å². The number of carbonyl (C=O) groups is 1. The van der Waals surface area contributed by atoms with Crippen molar-refractivity contribution in [3.8, 4) is 5.75 Å². The largest absolute Gasteiger partial charge is 0.485 e. The Labute approximate surface area is 154 Å². The van der Waals surface area contributed by atoms with Gasteiger partial charge in [-0.1, -0.05) is 11.2 Å². The molecule has 0 saturated heterocycles. The van der Waals surface area contributed by atoms with Crippen LogP contribution in [0, 0.1) is 18.6 Å². The fourth-order valence-corrected chi connectivity index (χ4v) is 2.40. The minimum absolute atomic E-state index is 0.149. The minimum atomic E-state index is -0.952. The average molecular weight is 373 g/mol. The van der Waals surface area contributed by atoms with Crippen LogP contribution in [0.3, 0.4) is 0 Å². The summed E-state index contributed by atoms with van der Waals surface area (Å²) in [5.74, 6) is -0.795. The van der Waals surface area contributed by atoms with Crippen LogP contribution in [0.4, 0.5) is 8.78 Å². The number of hydrogen-bond donors (Lipinski definition) is 1. The summed E-state index contributed by atoms with van der Waals surface area (Å²) in [5, 5.41) is 6.46. The van der Waals surface area contributed by atoms with E-state index < -0.39 is 17.7 Å². The fraction of sp³-hybridized carbons (Fsp3) is 0.211. The van der Waals surface area contributed by atoms with E-state index in [1.807, 2.05) is 0 Å². The van der Waals surface area contributed by atoms with Crippen molar-refractivity contribution >= 4 is 5.91 Å². The van der Waals surface area contributed by atoms with Crippen LogP contribution in [0.5, 0.6) is 5.75 Å². The normalized spacial score (nSPS) is 11.9. The van der Waals surface area contributed by atoms with Crippen molar-refractivity contribution in [2.75, 3.05) is 0 Å². The van der Waals surface area contributed by atoms with E-state index in [1.165, 1.54) is 6.07 Å². The molecule has 1 unspecified atom stereocenters. The van der Waals surface area contributed by atoms with Crippen molar-refractivity contribution < 1.29 is 22.8 Å². The summed E-state index contributed by atoms with van der Waals surface area (Å²) in [5.41, 5.74) is 0.879. The molecule has 0 saturated carbocycles. The number of hydrogen-bond acceptors (Lipinski definition) is 5. The maximum Gasteiger partial charge on any atom is 0.251 e. The van der Waals surface area contributed by atoms with E-state index in [0.717, 1.165) is 12.1 Å². The van der Waals surface area contributed by atoms with Crippen LogP contribution in [0.15, 0.2) is 47.0 Å². The van der Waals surface area contributed by atoms with Gasteiger partial charge in [-0.2, -0.15) is 4.98 Å². The Morgan fingerprint density at radius 2 is 1.93 bits per heavy atom. The predicted octanol–water partition coefficient (Wildman–Crippen LogP) is 3.73. The lowest BCUT2D eigenvalue weighted by molar-refractivity contribution is 0.0939. The molecule has 8 heteroatoms. The molecule has 1 aromatic heterocycles. The standard InChI is InChI=1S/C19H17F2N3O3/c1-11(14-5-8-16(20)17(21)9-14)22-19(25)13-3-6-15(7-4-13)26-10-18-23-12(2)27-24-18/h3-9,11H,10H2,1-2H3,(H,22,25). The van der Waals surface area contributed by atoms with Gasteiger partial charge in [0.1, 0.15) is 5.75 Å². The van der Waals surface area contributed by atoms with Crippen molar-refractivity contribution in [1.29, 1.82) is 0 Å². The van der Waals surface area contributed by atoms with E-state index in [9.17, 15) is 13.6 Å². The Morgan fingerprint density at radius 3 is 2.56 bits per heavy atom. The van der Waals surface area contributed by atoms with Crippen molar-refractivity contribution in [3.63, 3.8) is 0 Å². The first-order chi connectivity index (χ1) is 12.9. The van der Waals surface area contributed by atoms with E-state index in [1.54, 1.807) is 38.1 Å². The highest BCUT2D eigenvalue weighted by atomic mass is 19.2. The molecular formula is C19H17F2N3O3. The maximum atomic E-state index is 13.3. The van der Waals surface area contributed by atoms with Crippen LogP contribution in [-0.4, -0.2) is 16.0 Å². The van der Waals surface area contributed by atoms with E-state index in [0.29, 0.717) is 28.6 Å². The Hall–Kier alpha value is -3.29. The summed E-state index contributed by atoms with van der Waals surface area (Å²) in [7, 11) is 0. The van der Waals surface area contributed by atoms with E-state index >= 15 is 0 Å². The Kier molecular flexibility index (Phi) is 5.44. The molecular weight excluding hydrogens is 356 g/mol. The van der Waals surface area contributed by atoms with Crippen LogP contribution < -0.4 is 10.1 Å². The lowest BCUT2D eigenvalue weighted by Gasteiger charge is -2.15. The molecule has 1 N–H and O–H groups in total. The first-order valence-corrected chi connectivity index (χ1v) is 8.20. The monoisotopic (exact) mass is 373 g/mol. The number of amides is 1. The summed E-state index contributed by atoms with van der Waals surface area (Å²) in [6.07, 6.45) is 0. The van der Waals surface area contributed by atoms with Crippen LogP contribution in [-0.2, 0) is 6.61 Å². The second kappa shape index (κ2) is 7.94. The average Bonchev–Trinajstić information content (AvgIpc) is 3.08. The van der Waals surface area contributed by atoms with Gasteiger partial charge in [0.15, 0.2) is 18.2 Å². The molecule has 0 aliphatic carbocycles. The van der Waals surface area contributed by atoms with Gasteiger partial charge >= 0.3 is 0 Å². The van der Waals surface area contributed by atoms with Gasteiger partial charge in [-0.3, -0.25) is 4.79 Å². The van der Waals surface area contributed by atoms with Gasteiger partial charge in [-0.15, -0.1) is 0 Å². The molecule has 1 amide bonds. The number of benzene rings is 2. The highest BCUT2D eigenvalue weighted by Crippen LogP contribution is 2.18. The third kappa shape index (κ3) is 4.66. The molecule has 27 heavy (non-hydrogen) atoms. The predicted molar refractivity (Wildman–Crippen MR) is 92.0 cm³/mol. The van der Waals surface area contributed by atoms with Crippen LogP contribution >= 0.6 is 0 Å². The molecule has 6 nitrogen and oxygen atoms in total. The zero-order valence-corrected chi connectivity index (χ0v) is 14.7. The lowest BCUT2D eigenvalue weighted by atomic mass is 10.1. The van der Waals surface area contributed by atoms with Crippen molar-refractivity contribution in [2.24, 2.45) is 0 Å². The van der Waals surface area contributed by atoms with Crippen LogP contribution in [0.25, 0.3) is 0 Å². The molecule has 0 bridgehead atoms. The van der Waals surface area contributed by atoms with E-state index in [-0.39, 0.29) is 12.5 Å². The van der Waals surface area contributed by atoms with Gasteiger partial charge in [0, 0.05) is 12.5 Å². The van der Waals surface area contributed by atoms with Gasteiger partial charge < -0.3 is 14.6 Å². The number of nitrogens with zero attached hydrogens (tertiary/aromatic N) is 2. The third-order valence-corrected chi connectivity index (χ3v) is 3.85. The molecule has 1 atom stereocenters. The SMILES string of the molecule is Cc1nc(COc2ccc(C(=O)NC(C)c3ccc(F)c(F)c3)cc2)no1. The van der Waals surface area contributed by atoms with Gasteiger partial charge in [0.25, 0.3) is 5.91 Å². The van der Waals surface area contributed by atoms with Gasteiger partial charge in [-0.25, -0.2) is 8.78 Å². The van der Waals surface area contributed by atoms with Gasteiger partial charge in [0.05, 0.1) is 6.04 Å². The van der Waals surface area contributed by atoms with Gasteiger partial charge in [0.2, 0.25) is 11.7 Å². The van der Waals surface area contributed by atoms with Crippen molar-refractivity contribution in [2.45, 2.75) is 26.5 Å². The Balaban J connectivity index is 1.58. The molecule has 1 heterocycles. The molecule has 0 aliphatic rings. The third-order valence-electron chi connectivity index (χ3n) is 3.85. The number of rotatable bonds is 6.